The Morgan fingerprint density at radius 3 is 2.14 bits per heavy atom. The van der Waals surface area contributed by atoms with Gasteiger partial charge >= 0.3 is 18.3 Å². The van der Waals surface area contributed by atoms with Gasteiger partial charge in [0.1, 0.15) is 28.4 Å². The molecule has 0 radical (unpaired) electrons. The van der Waals surface area contributed by atoms with Gasteiger partial charge in [-0.25, -0.2) is 23.8 Å². The van der Waals surface area contributed by atoms with Crippen LogP contribution in [0, 0.1) is 18.7 Å². The second-order valence-electron chi connectivity index (χ2n) is 16.0. The first-order chi connectivity index (χ1) is 22.7. The van der Waals surface area contributed by atoms with Gasteiger partial charge in [-0.1, -0.05) is 12.1 Å². The summed E-state index contributed by atoms with van der Waals surface area (Å²) in [5.74, 6) is -0.0161. The van der Waals surface area contributed by atoms with Gasteiger partial charge in [0, 0.05) is 36.7 Å². The number of ether oxygens (including phenoxy) is 4. The standard InChI is InChI=1S/C37H53FN4O7/c1-23-16-27(40-31(17-23)42(33(44)48-36(5,6)7)34(45)49-37(8,9)10)19-25-21-41(32(43)47-35(2,3)4)22-30(25)46-15-14-39-29-20-28(29)24-12-11-13-26(38)18-24/h11-13,16-18,25,28-30,39H,14-15,19-22H2,1-10H3/t25-,28-,29+,30+/m1/s1. The van der Waals surface area contributed by atoms with Crippen molar-refractivity contribution in [2.24, 2.45) is 5.92 Å². The SMILES string of the molecule is Cc1cc(C[C@@H]2CN(C(=O)OC(C)(C)C)C[C@@H]2OCCN[C@H]2C[C@@H]2c2cccc(F)c2)nc(N(C(=O)OC(C)(C)C)C(=O)OC(C)(C)C)c1. The molecule has 12 heteroatoms. The summed E-state index contributed by atoms with van der Waals surface area (Å²) in [4.78, 5) is 46.9. The summed E-state index contributed by atoms with van der Waals surface area (Å²) in [6, 6.07) is 10.5. The quantitative estimate of drug-likeness (QED) is 0.217. The van der Waals surface area contributed by atoms with Crippen molar-refractivity contribution in [3.63, 3.8) is 0 Å². The van der Waals surface area contributed by atoms with Crippen LogP contribution in [0.15, 0.2) is 36.4 Å². The maximum absolute atomic E-state index is 13.7. The molecule has 1 aliphatic heterocycles. The van der Waals surface area contributed by atoms with Gasteiger partial charge in [0.25, 0.3) is 0 Å². The second kappa shape index (κ2) is 15.0. The molecule has 4 rings (SSSR count). The summed E-state index contributed by atoms with van der Waals surface area (Å²) < 4.78 is 36.8. The molecule has 270 valence electrons. The average Bonchev–Trinajstić information content (AvgIpc) is 3.59. The lowest BCUT2D eigenvalue weighted by Gasteiger charge is -2.28. The fourth-order valence-corrected chi connectivity index (χ4v) is 5.77. The molecule has 2 heterocycles. The second-order valence-corrected chi connectivity index (χ2v) is 16.0. The van der Waals surface area contributed by atoms with Crippen LogP contribution < -0.4 is 10.2 Å². The predicted molar refractivity (Wildman–Crippen MR) is 184 cm³/mol. The van der Waals surface area contributed by atoms with Crippen molar-refractivity contribution in [3.05, 3.63) is 59.0 Å². The zero-order valence-electron chi connectivity index (χ0n) is 30.6. The molecule has 2 aromatic rings. The normalized spacial score (nSPS) is 20.9. The highest BCUT2D eigenvalue weighted by Crippen LogP contribution is 2.40. The number of nitrogens with one attached hydrogen (secondary N) is 1. The van der Waals surface area contributed by atoms with Crippen molar-refractivity contribution >= 4 is 24.1 Å². The van der Waals surface area contributed by atoms with Crippen molar-refractivity contribution < 1.29 is 37.7 Å². The number of hydrogen-bond acceptors (Lipinski definition) is 9. The van der Waals surface area contributed by atoms with Gasteiger partial charge in [-0.3, -0.25) is 0 Å². The number of carbonyl (C=O) groups excluding carboxylic acids is 3. The number of halogens is 1. The van der Waals surface area contributed by atoms with E-state index in [1.807, 2.05) is 39.8 Å². The Balaban J connectivity index is 1.49. The summed E-state index contributed by atoms with van der Waals surface area (Å²) in [5, 5.41) is 3.50. The van der Waals surface area contributed by atoms with Crippen molar-refractivity contribution in [2.45, 2.75) is 117 Å². The number of aryl methyl sites for hydroxylation is 1. The van der Waals surface area contributed by atoms with Crippen molar-refractivity contribution in [1.82, 2.24) is 15.2 Å². The van der Waals surface area contributed by atoms with E-state index in [-0.39, 0.29) is 35.6 Å². The minimum Gasteiger partial charge on any atom is -0.444 e. The number of aromatic nitrogens is 1. The zero-order chi connectivity index (χ0) is 36.3. The number of imide groups is 1. The van der Waals surface area contributed by atoms with Gasteiger partial charge in [-0.2, -0.15) is 4.90 Å². The van der Waals surface area contributed by atoms with E-state index in [1.165, 1.54) is 6.07 Å². The highest BCUT2D eigenvalue weighted by Gasteiger charge is 2.40. The number of carbonyl (C=O) groups is 3. The lowest BCUT2D eigenvalue weighted by atomic mass is 9.98. The number of hydrogen-bond donors (Lipinski definition) is 1. The molecule has 4 atom stereocenters. The Labute approximate surface area is 289 Å². The number of anilines is 1. The van der Waals surface area contributed by atoms with E-state index in [9.17, 15) is 18.8 Å². The maximum Gasteiger partial charge on any atom is 0.425 e. The Morgan fingerprint density at radius 2 is 1.55 bits per heavy atom. The number of nitrogens with zero attached hydrogens (tertiary/aromatic N) is 3. The summed E-state index contributed by atoms with van der Waals surface area (Å²) in [6.07, 6.45) is -1.18. The molecule has 3 amide bonds. The number of amides is 3. The monoisotopic (exact) mass is 684 g/mol. The molecule has 1 saturated heterocycles. The number of benzene rings is 1. The molecule has 1 N–H and O–H groups in total. The maximum atomic E-state index is 13.7. The Kier molecular flexibility index (Phi) is 11.6. The van der Waals surface area contributed by atoms with Crippen LogP contribution in [-0.2, 0) is 25.4 Å². The molecule has 2 fully saturated rings. The highest BCUT2D eigenvalue weighted by atomic mass is 19.1. The lowest BCUT2D eigenvalue weighted by Crippen LogP contribution is -2.44. The Hall–Kier alpha value is -3.77. The van der Waals surface area contributed by atoms with Crippen LogP contribution in [0.4, 0.5) is 24.6 Å². The van der Waals surface area contributed by atoms with Crippen LogP contribution in [0.5, 0.6) is 0 Å². The summed E-state index contributed by atoms with van der Waals surface area (Å²) >= 11 is 0. The first-order valence-corrected chi connectivity index (χ1v) is 17.0. The van der Waals surface area contributed by atoms with Gasteiger partial charge in [0.15, 0.2) is 0 Å². The first kappa shape index (κ1) is 38.0. The van der Waals surface area contributed by atoms with Crippen LogP contribution in [-0.4, -0.2) is 83.4 Å². The Morgan fingerprint density at radius 1 is 0.918 bits per heavy atom. The van der Waals surface area contributed by atoms with E-state index in [4.69, 9.17) is 23.9 Å². The Bertz CT molecular complexity index is 1470. The number of rotatable bonds is 9. The van der Waals surface area contributed by atoms with Crippen molar-refractivity contribution in [3.8, 4) is 0 Å². The van der Waals surface area contributed by atoms with Gasteiger partial charge in [0.05, 0.1) is 19.3 Å². The molecule has 11 nitrogen and oxygen atoms in total. The van der Waals surface area contributed by atoms with Crippen LogP contribution in [0.3, 0.4) is 0 Å². The van der Waals surface area contributed by atoms with E-state index >= 15 is 0 Å². The fraction of sp³-hybridized carbons (Fsp3) is 0.622. The summed E-state index contributed by atoms with van der Waals surface area (Å²) in [6.45, 7) is 19.4. The zero-order valence-corrected chi connectivity index (χ0v) is 30.6. The van der Waals surface area contributed by atoms with Crippen molar-refractivity contribution in [1.29, 1.82) is 0 Å². The third-order valence-corrected chi connectivity index (χ3v) is 7.80. The molecule has 0 bridgehead atoms. The molecule has 1 aliphatic carbocycles. The van der Waals surface area contributed by atoms with Gasteiger partial charge in [-0.05, 0) is 117 Å². The molecule has 1 aromatic carbocycles. The highest BCUT2D eigenvalue weighted by molar-refractivity contribution is 6.08. The van der Waals surface area contributed by atoms with Gasteiger partial charge in [-0.15, -0.1) is 0 Å². The smallest absolute Gasteiger partial charge is 0.425 e. The molecule has 2 aliphatic rings. The van der Waals surface area contributed by atoms with Gasteiger partial charge in [0.2, 0.25) is 0 Å². The predicted octanol–water partition coefficient (Wildman–Crippen LogP) is 7.15. The topological polar surface area (TPSA) is 120 Å². The van der Waals surface area contributed by atoms with Crippen LogP contribution in [0.2, 0.25) is 0 Å². The van der Waals surface area contributed by atoms with E-state index in [0.717, 1.165) is 22.4 Å². The molecular weight excluding hydrogens is 631 g/mol. The van der Waals surface area contributed by atoms with E-state index < -0.39 is 35.1 Å². The van der Waals surface area contributed by atoms with Crippen LogP contribution >= 0.6 is 0 Å². The third kappa shape index (κ3) is 11.7. The number of pyridine rings is 1. The molecule has 0 unspecified atom stereocenters. The molecule has 49 heavy (non-hydrogen) atoms. The summed E-state index contributed by atoms with van der Waals surface area (Å²) in [7, 11) is 0. The minimum atomic E-state index is -0.897. The van der Waals surface area contributed by atoms with Crippen LogP contribution in [0.1, 0.15) is 91.5 Å². The fourth-order valence-electron chi connectivity index (χ4n) is 5.77. The molecule has 0 spiro atoms. The van der Waals surface area contributed by atoms with E-state index in [0.29, 0.717) is 38.4 Å². The van der Waals surface area contributed by atoms with E-state index in [1.54, 1.807) is 64.6 Å². The number of likely N-dealkylation sites (tertiary alicyclic amines) is 1. The van der Waals surface area contributed by atoms with Gasteiger partial charge < -0.3 is 29.2 Å². The van der Waals surface area contributed by atoms with Crippen LogP contribution in [0.25, 0.3) is 0 Å². The molecule has 1 aromatic heterocycles. The average molecular weight is 685 g/mol. The largest absolute Gasteiger partial charge is 0.444 e. The summed E-state index contributed by atoms with van der Waals surface area (Å²) in [5.41, 5.74) is 0.00176. The molecular formula is C37H53FN4O7. The van der Waals surface area contributed by atoms with E-state index in [2.05, 4.69) is 5.32 Å². The lowest BCUT2D eigenvalue weighted by molar-refractivity contribution is 0.0185. The first-order valence-electron chi connectivity index (χ1n) is 17.0. The third-order valence-electron chi connectivity index (χ3n) is 7.80. The molecule has 1 saturated carbocycles. The van der Waals surface area contributed by atoms with Crippen molar-refractivity contribution in [2.75, 3.05) is 31.1 Å². The minimum absolute atomic E-state index is 0.0828.